The number of nitrogens with one attached hydrogen (secondary N) is 1. The van der Waals surface area contributed by atoms with Crippen LogP contribution in [0.1, 0.15) is 17.2 Å². The second-order valence-electron chi connectivity index (χ2n) is 5.49. The van der Waals surface area contributed by atoms with Crippen molar-refractivity contribution in [3.8, 4) is 0 Å². The van der Waals surface area contributed by atoms with Gasteiger partial charge in [-0.1, -0.05) is 48.5 Å². The van der Waals surface area contributed by atoms with Crippen molar-refractivity contribution in [2.75, 3.05) is 13.1 Å². The Morgan fingerprint density at radius 1 is 1.04 bits per heavy atom. The predicted octanol–water partition coefficient (Wildman–Crippen LogP) is 1.86. The minimum Gasteiger partial charge on any atom is -0.353 e. The van der Waals surface area contributed by atoms with Crippen LogP contribution in [0.3, 0.4) is 0 Å². The molecule has 1 heterocycles. The molecule has 0 aliphatic carbocycles. The van der Waals surface area contributed by atoms with Crippen LogP contribution in [0.4, 0.5) is 0 Å². The van der Waals surface area contributed by atoms with Crippen molar-refractivity contribution in [1.82, 2.24) is 9.62 Å². The van der Waals surface area contributed by atoms with Gasteiger partial charge in [-0.25, -0.2) is 8.42 Å². The van der Waals surface area contributed by atoms with Gasteiger partial charge in [0.05, 0.1) is 4.90 Å². The molecule has 0 bridgehead atoms. The Morgan fingerprint density at radius 2 is 1.70 bits per heavy atom. The average Bonchev–Trinajstić information content (AvgIpc) is 2.55. The maximum atomic E-state index is 13.1. The lowest BCUT2D eigenvalue weighted by Crippen LogP contribution is -2.52. The third kappa shape index (κ3) is 2.87. The fourth-order valence-corrected chi connectivity index (χ4v) is 4.63. The van der Waals surface area contributed by atoms with E-state index in [4.69, 9.17) is 0 Å². The fourth-order valence-electron chi connectivity index (χ4n) is 2.83. The van der Waals surface area contributed by atoms with Crippen LogP contribution in [0.15, 0.2) is 59.5 Å². The summed E-state index contributed by atoms with van der Waals surface area (Å²) in [5.74, 6) is -0.292. The zero-order valence-electron chi connectivity index (χ0n) is 12.8. The summed E-state index contributed by atoms with van der Waals surface area (Å²) in [7, 11) is -3.75. The molecule has 1 N–H and O–H groups in total. The highest BCUT2D eigenvalue weighted by atomic mass is 32.2. The van der Waals surface area contributed by atoms with E-state index in [0.717, 1.165) is 0 Å². The van der Waals surface area contributed by atoms with E-state index in [2.05, 4.69) is 5.32 Å². The lowest BCUT2D eigenvalue weighted by molar-refractivity contribution is -0.126. The molecule has 0 spiro atoms. The summed E-state index contributed by atoms with van der Waals surface area (Å²) in [6, 6.07) is 15.0. The number of hydrogen-bond acceptors (Lipinski definition) is 3. The molecule has 0 saturated carbocycles. The van der Waals surface area contributed by atoms with Gasteiger partial charge in [-0.05, 0) is 24.1 Å². The first-order valence-electron chi connectivity index (χ1n) is 7.42. The highest BCUT2D eigenvalue weighted by Crippen LogP contribution is 2.30. The number of amides is 1. The average molecular weight is 330 g/mol. The van der Waals surface area contributed by atoms with E-state index >= 15 is 0 Å². The van der Waals surface area contributed by atoms with Crippen molar-refractivity contribution in [2.45, 2.75) is 17.9 Å². The van der Waals surface area contributed by atoms with Gasteiger partial charge in [0.15, 0.2) is 0 Å². The molecule has 1 fully saturated rings. The van der Waals surface area contributed by atoms with E-state index < -0.39 is 16.1 Å². The van der Waals surface area contributed by atoms with E-state index in [0.29, 0.717) is 17.7 Å². The third-order valence-electron chi connectivity index (χ3n) is 3.96. The summed E-state index contributed by atoms with van der Waals surface area (Å²) < 4.78 is 27.5. The maximum absolute atomic E-state index is 13.1. The Labute approximate surface area is 136 Å². The molecule has 0 aromatic heterocycles. The van der Waals surface area contributed by atoms with Gasteiger partial charge in [-0.2, -0.15) is 4.31 Å². The number of carbonyl (C=O) groups excluding carboxylic acids is 1. The summed E-state index contributed by atoms with van der Waals surface area (Å²) in [5, 5.41) is 2.75. The van der Waals surface area contributed by atoms with Crippen LogP contribution in [-0.2, 0) is 14.8 Å². The van der Waals surface area contributed by atoms with Crippen molar-refractivity contribution in [3.05, 3.63) is 65.7 Å². The van der Waals surface area contributed by atoms with Crippen LogP contribution < -0.4 is 5.32 Å². The molecular formula is C17H18N2O3S. The zero-order chi connectivity index (χ0) is 16.4. The smallest absolute Gasteiger partial charge is 0.244 e. The van der Waals surface area contributed by atoms with E-state index in [-0.39, 0.29) is 17.3 Å². The summed E-state index contributed by atoms with van der Waals surface area (Å²) in [6.45, 7) is 2.32. The first-order valence-corrected chi connectivity index (χ1v) is 8.86. The molecule has 120 valence electrons. The van der Waals surface area contributed by atoms with Crippen molar-refractivity contribution < 1.29 is 13.2 Å². The summed E-state index contributed by atoms with van der Waals surface area (Å²) >= 11 is 0. The van der Waals surface area contributed by atoms with Crippen LogP contribution in [0.25, 0.3) is 0 Å². The van der Waals surface area contributed by atoms with Crippen molar-refractivity contribution in [1.29, 1.82) is 0 Å². The molecule has 1 aliphatic heterocycles. The Bertz CT molecular complexity index is 819. The highest BCUT2D eigenvalue weighted by molar-refractivity contribution is 7.89. The Kier molecular flexibility index (Phi) is 4.19. The second kappa shape index (κ2) is 6.14. The van der Waals surface area contributed by atoms with Crippen LogP contribution in [0, 0.1) is 6.92 Å². The summed E-state index contributed by atoms with van der Waals surface area (Å²) in [4.78, 5) is 12.6. The molecule has 5 nitrogen and oxygen atoms in total. The van der Waals surface area contributed by atoms with Crippen molar-refractivity contribution in [2.24, 2.45) is 0 Å². The molecule has 2 aromatic rings. The molecule has 3 rings (SSSR count). The molecule has 0 radical (unpaired) electrons. The van der Waals surface area contributed by atoms with Crippen LogP contribution in [0.5, 0.6) is 0 Å². The minimum absolute atomic E-state index is 0.246. The zero-order valence-corrected chi connectivity index (χ0v) is 13.6. The van der Waals surface area contributed by atoms with Gasteiger partial charge in [-0.3, -0.25) is 4.79 Å². The third-order valence-corrected chi connectivity index (χ3v) is 5.99. The predicted molar refractivity (Wildman–Crippen MR) is 87.3 cm³/mol. The first kappa shape index (κ1) is 15.7. The number of nitrogens with zero attached hydrogens (tertiary/aromatic N) is 1. The topological polar surface area (TPSA) is 66.5 Å². The number of aryl methyl sites for hydroxylation is 1. The van der Waals surface area contributed by atoms with Crippen LogP contribution in [0.2, 0.25) is 0 Å². The molecule has 1 amide bonds. The van der Waals surface area contributed by atoms with Gasteiger partial charge in [0.2, 0.25) is 15.9 Å². The van der Waals surface area contributed by atoms with Gasteiger partial charge in [0.1, 0.15) is 6.04 Å². The Hall–Kier alpha value is -2.18. The van der Waals surface area contributed by atoms with Gasteiger partial charge in [0, 0.05) is 13.1 Å². The normalized spacial score (nSPS) is 19.3. The molecule has 6 heteroatoms. The molecule has 23 heavy (non-hydrogen) atoms. The maximum Gasteiger partial charge on any atom is 0.244 e. The number of piperazine rings is 1. The van der Waals surface area contributed by atoms with E-state index in [1.807, 2.05) is 6.07 Å². The molecule has 1 saturated heterocycles. The number of sulfonamides is 1. The minimum atomic E-state index is -3.75. The Morgan fingerprint density at radius 3 is 2.39 bits per heavy atom. The molecule has 1 unspecified atom stereocenters. The van der Waals surface area contributed by atoms with E-state index in [9.17, 15) is 13.2 Å². The second-order valence-corrected chi connectivity index (χ2v) is 7.34. The van der Waals surface area contributed by atoms with E-state index in [1.54, 1.807) is 55.5 Å². The lowest BCUT2D eigenvalue weighted by atomic mass is 10.1. The lowest BCUT2D eigenvalue weighted by Gasteiger charge is -2.34. The summed E-state index contributed by atoms with van der Waals surface area (Å²) in [5.41, 5.74) is 1.34. The number of rotatable bonds is 3. The van der Waals surface area contributed by atoms with Gasteiger partial charge in [-0.15, -0.1) is 0 Å². The van der Waals surface area contributed by atoms with E-state index in [1.165, 1.54) is 4.31 Å². The van der Waals surface area contributed by atoms with Crippen molar-refractivity contribution in [3.63, 3.8) is 0 Å². The molecule has 2 aromatic carbocycles. The molecule has 1 atom stereocenters. The largest absolute Gasteiger partial charge is 0.353 e. The number of hydrogen-bond donors (Lipinski definition) is 1. The van der Waals surface area contributed by atoms with Crippen LogP contribution >= 0.6 is 0 Å². The molecular weight excluding hydrogens is 312 g/mol. The van der Waals surface area contributed by atoms with Gasteiger partial charge in [0.25, 0.3) is 0 Å². The standard InChI is InChI=1S/C17H18N2O3S/c1-13-7-5-6-10-15(13)23(21,22)19-12-11-18-17(20)16(19)14-8-3-2-4-9-14/h2-10,16H,11-12H2,1H3,(H,18,20). The van der Waals surface area contributed by atoms with Crippen LogP contribution in [-0.4, -0.2) is 31.7 Å². The number of carbonyl (C=O) groups is 1. The SMILES string of the molecule is Cc1ccccc1S(=O)(=O)N1CCNC(=O)C1c1ccccc1. The van der Waals surface area contributed by atoms with Gasteiger partial charge >= 0.3 is 0 Å². The van der Waals surface area contributed by atoms with Crippen molar-refractivity contribution >= 4 is 15.9 Å². The number of benzene rings is 2. The highest BCUT2D eigenvalue weighted by Gasteiger charge is 2.39. The Balaban J connectivity index is 2.09. The first-order chi connectivity index (χ1) is 11.0. The van der Waals surface area contributed by atoms with Gasteiger partial charge < -0.3 is 5.32 Å². The fraction of sp³-hybridized carbons (Fsp3) is 0.235. The monoisotopic (exact) mass is 330 g/mol. The molecule has 1 aliphatic rings. The summed E-state index contributed by atoms with van der Waals surface area (Å²) in [6.07, 6.45) is 0. The quantitative estimate of drug-likeness (QED) is 0.934.